The summed E-state index contributed by atoms with van der Waals surface area (Å²) in [5.41, 5.74) is 2.82. The second kappa shape index (κ2) is 7.08. The van der Waals surface area contributed by atoms with E-state index in [0.717, 1.165) is 28.6 Å². The molecule has 0 saturated heterocycles. The zero-order valence-electron chi connectivity index (χ0n) is 15.0. The third-order valence-corrected chi connectivity index (χ3v) is 5.61. The molecule has 3 aromatic rings. The summed E-state index contributed by atoms with van der Waals surface area (Å²) in [6, 6.07) is 16.2. The SMILES string of the molecule is CC[C@@H]1Cn2c(C(=O)NCc3ccc(SC)cc3)cc3cccc(c32)O1. The van der Waals surface area contributed by atoms with Gasteiger partial charge < -0.3 is 14.6 Å². The quantitative estimate of drug-likeness (QED) is 0.678. The molecule has 1 aliphatic heterocycles. The number of carbonyl (C=O) groups excluding carboxylic acids is 1. The van der Waals surface area contributed by atoms with Gasteiger partial charge in [0.2, 0.25) is 0 Å². The van der Waals surface area contributed by atoms with Gasteiger partial charge in [-0.05, 0) is 42.5 Å². The van der Waals surface area contributed by atoms with Crippen LogP contribution in [0.4, 0.5) is 0 Å². The van der Waals surface area contributed by atoms with Gasteiger partial charge in [0, 0.05) is 16.8 Å². The van der Waals surface area contributed by atoms with Crippen LogP contribution < -0.4 is 10.1 Å². The number of aromatic nitrogens is 1. The molecular formula is C21H22N2O2S. The van der Waals surface area contributed by atoms with Crippen molar-refractivity contribution in [1.82, 2.24) is 9.88 Å². The van der Waals surface area contributed by atoms with Crippen LogP contribution in [-0.2, 0) is 13.1 Å². The first kappa shape index (κ1) is 17.0. The Balaban J connectivity index is 1.58. The normalized spacial score (nSPS) is 15.7. The lowest BCUT2D eigenvalue weighted by Gasteiger charge is -2.26. The molecule has 1 aromatic heterocycles. The Morgan fingerprint density at radius 1 is 1.27 bits per heavy atom. The van der Waals surface area contributed by atoms with Crippen LogP contribution in [0.15, 0.2) is 53.4 Å². The molecule has 2 aromatic carbocycles. The van der Waals surface area contributed by atoms with Crippen molar-refractivity contribution < 1.29 is 9.53 Å². The fourth-order valence-corrected chi connectivity index (χ4v) is 3.82. The van der Waals surface area contributed by atoms with Gasteiger partial charge in [-0.15, -0.1) is 11.8 Å². The molecule has 2 heterocycles. The first-order chi connectivity index (χ1) is 12.7. The van der Waals surface area contributed by atoms with Gasteiger partial charge in [-0.2, -0.15) is 0 Å². The lowest BCUT2D eigenvalue weighted by molar-refractivity contribution is 0.0935. The molecule has 1 atom stereocenters. The van der Waals surface area contributed by atoms with Crippen LogP contribution in [0.1, 0.15) is 29.4 Å². The van der Waals surface area contributed by atoms with Crippen LogP contribution in [0, 0.1) is 0 Å². The van der Waals surface area contributed by atoms with E-state index >= 15 is 0 Å². The van der Waals surface area contributed by atoms with Crippen molar-refractivity contribution in [1.29, 1.82) is 0 Å². The van der Waals surface area contributed by atoms with Gasteiger partial charge in [0.25, 0.3) is 5.91 Å². The summed E-state index contributed by atoms with van der Waals surface area (Å²) >= 11 is 1.71. The fraction of sp³-hybridized carbons (Fsp3) is 0.286. The summed E-state index contributed by atoms with van der Waals surface area (Å²) < 4.78 is 8.15. The summed E-state index contributed by atoms with van der Waals surface area (Å²) in [7, 11) is 0. The van der Waals surface area contributed by atoms with E-state index in [2.05, 4.69) is 47.3 Å². The van der Waals surface area contributed by atoms with Crippen molar-refractivity contribution in [2.24, 2.45) is 0 Å². The number of nitrogens with one attached hydrogen (secondary N) is 1. The van der Waals surface area contributed by atoms with E-state index in [1.54, 1.807) is 11.8 Å². The molecule has 1 aliphatic rings. The number of nitrogens with zero attached hydrogens (tertiary/aromatic N) is 1. The number of hydrogen-bond donors (Lipinski definition) is 1. The Bertz CT molecular complexity index is 947. The molecule has 0 radical (unpaired) electrons. The molecule has 1 N–H and O–H groups in total. The smallest absolute Gasteiger partial charge is 0.268 e. The molecular weight excluding hydrogens is 344 g/mol. The van der Waals surface area contributed by atoms with Gasteiger partial charge in [0.05, 0.1) is 12.1 Å². The van der Waals surface area contributed by atoms with E-state index in [-0.39, 0.29) is 12.0 Å². The molecule has 4 nitrogen and oxygen atoms in total. The number of rotatable bonds is 5. The van der Waals surface area contributed by atoms with Crippen LogP contribution in [-0.4, -0.2) is 22.8 Å². The number of ether oxygens (including phenoxy) is 1. The van der Waals surface area contributed by atoms with Gasteiger partial charge in [-0.3, -0.25) is 4.79 Å². The third kappa shape index (κ3) is 3.07. The first-order valence-corrected chi connectivity index (χ1v) is 10.1. The number of para-hydroxylation sites is 1. The second-order valence-corrected chi connectivity index (χ2v) is 7.39. The minimum Gasteiger partial charge on any atom is -0.486 e. The largest absolute Gasteiger partial charge is 0.486 e. The lowest BCUT2D eigenvalue weighted by atomic mass is 10.2. The van der Waals surface area contributed by atoms with E-state index in [9.17, 15) is 4.79 Å². The minimum absolute atomic E-state index is 0.0437. The molecule has 0 bridgehead atoms. The van der Waals surface area contributed by atoms with Crippen molar-refractivity contribution in [3.8, 4) is 5.75 Å². The van der Waals surface area contributed by atoms with Crippen LogP contribution in [0.2, 0.25) is 0 Å². The highest BCUT2D eigenvalue weighted by Crippen LogP contribution is 2.34. The number of thioether (sulfide) groups is 1. The van der Waals surface area contributed by atoms with E-state index in [1.165, 1.54) is 4.90 Å². The van der Waals surface area contributed by atoms with Gasteiger partial charge in [-0.1, -0.05) is 31.2 Å². The fourth-order valence-electron chi connectivity index (χ4n) is 3.41. The first-order valence-electron chi connectivity index (χ1n) is 8.89. The van der Waals surface area contributed by atoms with Gasteiger partial charge >= 0.3 is 0 Å². The predicted molar refractivity (Wildman–Crippen MR) is 106 cm³/mol. The van der Waals surface area contributed by atoms with E-state index in [4.69, 9.17) is 4.74 Å². The Kier molecular flexibility index (Phi) is 4.64. The van der Waals surface area contributed by atoms with E-state index in [1.807, 2.05) is 24.3 Å². The van der Waals surface area contributed by atoms with E-state index < -0.39 is 0 Å². The highest BCUT2D eigenvalue weighted by Gasteiger charge is 2.25. The maximum atomic E-state index is 12.8. The molecule has 0 aliphatic carbocycles. The second-order valence-electron chi connectivity index (χ2n) is 6.51. The highest BCUT2D eigenvalue weighted by molar-refractivity contribution is 7.98. The van der Waals surface area contributed by atoms with Crippen molar-refractivity contribution in [3.05, 3.63) is 59.8 Å². The zero-order chi connectivity index (χ0) is 18.1. The molecule has 4 rings (SSSR count). The maximum absolute atomic E-state index is 12.8. The summed E-state index contributed by atoms with van der Waals surface area (Å²) in [6.45, 7) is 3.34. The van der Waals surface area contributed by atoms with Crippen LogP contribution in [0.25, 0.3) is 10.9 Å². The lowest BCUT2D eigenvalue weighted by Crippen LogP contribution is -2.31. The molecule has 134 valence electrons. The molecule has 0 unspecified atom stereocenters. The molecule has 5 heteroatoms. The minimum atomic E-state index is -0.0437. The molecule has 0 saturated carbocycles. The third-order valence-electron chi connectivity index (χ3n) is 4.86. The monoisotopic (exact) mass is 366 g/mol. The van der Waals surface area contributed by atoms with Crippen molar-refractivity contribution in [2.45, 2.75) is 37.4 Å². The highest BCUT2D eigenvalue weighted by atomic mass is 32.2. The molecule has 1 amide bonds. The Labute approximate surface area is 157 Å². The number of carbonyl (C=O) groups is 1. The number of amides is 1. The predicted octanol–water partition coefficient (Wildman–Crippen LogP) is 4.46. The van der Waals surface area contributed by atoms with Crippen molar-refractivity contribution in [3.63, 3.8) is 0 Å². The maximum Gasteiger partial charge on any atom is 0.268 e. The number of hydrogen-bond acceptors (Lipinski definition) is 3. The number of benzene rings is 2. The Morgan fingerprint density at radius 3 is 2.81 bits per heavy atom. The summed E-state index contributed by atoms with van der Waals surface area (Å²) in [5.74, 6) is 0.824. The van der Waals surface area contributed by atoms with Crippen LogP contribution >= 0.6 is 11.8 Å². The van der Waals surface area contributed by atoms with Gasteiger partial charge in [0.15, 0.2) is 0 Å². The van der Waals surface area contributed by atoms with Crippen molar-refractivity contribution >= 4 is 28.6 Å². The van der Waals surface area contributed by atoms with Gasteiger partial charge in [-0.25, -0.2) is 0 Å². The molecule has 0 spiro atoms. The van der Waals surface area contributed by atoms with Crippen LogP contribution in [0.3, 0.4) is 0 Å². The summed E-state index contributed by atoms with van der Waals surface area (Å²) in [5, 5.41) is 4.11. The Morgan fingerprint density at radius 2 is 2.08 bits per heavy atom. The molecule has 0 fully saturated rings. The topological polar surface area (TPSA) is 43.3 Å². The summed E-state index contributed by atoms with van der Waals surface area (Å²) in [4.78, 5) is 14.1. The van der Waals surface area contributed by atoms with Crippen LogP contribution in [0.5, 0.6) is 5.75 Å². The standard InChI is InChI=1S/C21H22N2O2S/c1-3-16-13-23-18(11-15-5-4-6-19(25-16)20(15)23)21(24)22-12-14-7-9-17(26-2)10-8-14/h4-11,16H,3,12-13H2,1-2H3,(H,22,24)/t16-/m1/s1. The van der Waals surface area contributed by atoms with Gasteiger partial charge in [0.1, 0.15) is 17.5 Å². The van der Waals surface area contributed by atoms with Crippen molar-refractivity contribution in [2.75, 3.05) is 6.26 Å². The average molecular weight is 366 g/mol. The average Bonchev–Trinajstić information content (AvgIpc) is 3.06. The zero-order valence-corrected chi connectivity index (χ0v) is 15.8. The summed E-state index contributed by atoms with van der Waals surface area (Å²) in [6.07, 6.45) is 3.07. The molecule has 26 heavy (non-hydrogen) atoms. The Hall–Kier alpha value is -2.40. The van der Waals surface area contributed by atoms with E-state index in [0.29, 0.717) is 18.8 Å².